The largest absolute Gasteiger partial charge is 0.381 e. The lowest BCUT2D eigenvalue weighted by Gasteiger charge is -2.15. The number of carbonyl (C=O) groups is 1. The Balaban J connectivity index is 1.94. The molecule has 1 heterocycles. The van der Waals surface area contributed by atoms with E-state index in [1.807, 2.05) is 41.2 Å². The van der Waals surface area contributed by atoms with Crippen molar-refractivity contribution >= 4 is 11.5 Å². The van der Waals surface area contributed by atoms with Crippen LogP contribution in [0.4, 0.5) is 5.69 Å². The lowest BCUT2D eigenvalue weighted by atomic mass is 10.1. The van der Waals surface area contributed by atoms with Gasteiger partial charge >= 0.3 is 0 Å². The molecule has 1 aromatic heterocycles. The van der Waals surface area contributed by atoms with Gasteiger partial charge in [-0.3, -0.25) is 9.48 Å². The topological polar surface area (TPSA) is 46.9 Å². The van der Waals surface area contributed by atoms with Crippen LogP contribution in [0.15, 0.2) is 42.7 Å². The Kier molecular flexibility index (Phi) is 3.77. The molecule has 2 rings (SSSR count). The van der Waals surface area contributed by atoms with Crippen LogP contribution < -0.4 is 5.32 Å². The van der Waals surface area contributed by atoms with E-state index >= 15 is 0 Å². The number of carbonyl (C=O) groups excluding carboxylic acids is 1. The summed E-state index contributed by atoms with van der Waals surface area (Å²) in [7, 11) is 0. The van der Waals surface area contributed by atoms with Gasteiger partial charge in [0.2, 0.25) is 0 Å². The molecule has 0 aliphatic heterocycles. The summed E-state index contributed by atoms with van der Waals surface area (Å²) in [6, 6.07) is 9.71. The van der Waals surface area contributed by atoms with Gasteiger partial charge in [-0.1, -0.05) is 0 Å². The number of rotatable bonds is 5. The molecule has 0 aliphatic rings. The van der Waals surface area contributed by atoms with Crippen molar-refractivity contribution in [3.8, 4) is 0 Å². The molecule has 1 unspecified atom stereocenters. The van der Waals surface area contributed by atoms with Crippen molar-refractivity contribution in [2.45, 2.75) is 26.4 Å². The van der Waals surface area contributed by atoms with E-state index in [4.69, 9.17) is 0 Å². The summed E-state index contributed by atoms with van der Waals surface area (Å²) < 4.78 is 1.89. The molecular weight excluding hydrogens is 226 g/mol. The number of aromatic nitrogens is 2. The molecule has 4 heteroatoms. The highest BCUT2D eigenvalue weighted by Crippen LogP contribution is 2.11. The molecular formula is C14H17N3O. The van der Waals surface area contributed by atoms with E-state index in [2.05, 4.69) is 17.3 Å². The van der Waals surface area contributed by atoms with Gasteiger partial charge in [0.15, 0.2) is 5.78 Å². The van der Waals surface area contributed by atoms with Crippen LogP contribution in [0.1, 0.15) is 24.2 Å². The predicted octanol–water partition coefficient (Wildman–Crippen LogP) is 2.59. The zero-order valence-electron chi connectivity index (χ0n) is 10.6. The zero-order chi connectivity index (χ0) is 13.0. The Morgan fingerprint density at radius 3 is 2.67 bits per heavy atom. The SMILES string of the molecule is CC(=O)c1ccc(NC(C)Cn2cccn2)cc1. The molecule has 1 atom stereocenters. The van der Waals surface area contributed by atoms with Gasteiger partial charge in [0, 0.05) is 29.7 Å². The summed E-state index contributed by atoms with van der Waals surface area (Å²) in [5, 5.41) is 7.54. The number of hydrogen-bond acceptors (Lipinski definition) is 3. The lowest BCUT2D eigenvalue weighted by molar-refractivity contribution is 0.101. The van der Waals surface area contributed by atoms with Gasteiger partial charge in [0.1, 0.15) is 0 Å². The first-order chi connectivity index (χ1) is 8.65. The van der Waals surface area contributed by atoms with Gasteiger partial charge in [-0.2, -0.15) is 5.10 Å². The first kappa shape index (κ1) is 12.4. The second-order valence-electron chi connectivity index (χ2n) is 4.41. The van der Waals surface area contributed by atoms with Gasteiger partial charge in [-0.25, -0.2) is 0 Å². The van der Waals surface area contributed by atoms with Gasteiger partial charge in [0.25, 0.3) is 0 Å². The zero-order valence-corrected chi connectivity index (χ0v) is 10.6. The van der Waals surface area contributed by atoms with Crippen molar-refractivity contribution in [1.29, 1.82) is 0 Å². The Labute approximate surface area is 107 Å². The second kappa shape index (κ2) is 5.49. The molecule has 2 aromatic rings. The van der Waals surface area contributed by atoms with Gasteiger partial charge in [-0.15, -0.1) is 0 Å². The molecule has 1 N–H and O–H groups in total. The third-order valence-electron chi connectivity index (χ3n) is 2.72. The average Bonchev–Trinajstić information content (AvgIpc) is 2.82. The van der Waals surface area contributed by atoms with E-state index in [1.165, 1.54) is 0 Å². The average molecular weight is 243 g/mol. The fraction of sp³-hybridized carbons (Fsp3) is 0.286. The normalized spacial score (nSPS) is 12.1. The smallest absolute Gasteiger partial charge is 0.159 e. The maximum atomic E-state index is 11.2. The van der Waals surface area contributed by atoms with Gasteiger partial charge in [-0.05, 0) is 44.2 Å². The third kappa shape index (κ3) is 3.20. The Morgan fingerprint density at radius 2 is 2.11 bits per heavy atom. The summed E-state index contributed by atoms with van der Waals surface area (Å²) >= 11 is 0. The van der Waals surface area contributed by atoms with E-state index in [0.717, 1.165) is 17.8 Å². The summed E-state index contributed by atoms with van der Waals surface area (Å²) in [6.45, 7) is 4.48. The Hall–Kier alpha value is -2.10. The van der Waals surface area contributed by atoms with Gasteiger partial charge in [0.05, 0.1) is 6.54 Å². The van der Waals surface area contributed by atoms with E-state index in [1.54, 1.807) is 13.1 Å². The quantitative estimate of drug-likeness (QED) is 0.821. The number of benzene rings is 1. The summed E-state index contributed by atoms with van der Waals surface area (Å²) in [5.74, 6) is 0.0890. The van der Waals surface area contributed by atoms with Crippen molar-refractivity contribution in [2.75, 3.05) is 5.32 Å². The number of ketones is 1. The second-order valence-corrected chi connectivity index (χ2v) is 4.41. The summed E-state index contributed by atoms with van der Waals surface area (Å²) in [5.41, 5.74) is 1.75. The highest BCUT2D eigenvalue weighted by Gasteiger charge is 2.04. The van der Waals surface area contributed by atoms with Crippen LogP contribution in [0.3, 0.4) is 0 Å². The maximum Gasteiger partial charge on any atom is 0.159 e. The van der Waals surface area contributed by atoms with Crippen molar-refractivity contribution < 1.29 is 4.79 Å². The first-order valence-electron chi connectivity index (χ1n) is 6.00. The van der Waals surface area contributed by atoms with Crippen molar-refractivity contribution in [2.24, 2.45) is 0 Å². The molecule has 18 heavy (non-hydrogen) atoms. The van der Waals surface area contributed by atoms with Crippen LogP contribution in [-0.2, 0) is 6.54 Å². The number of anilines is 1. The molecule has 0 radical (unpaired) electrons. The highest BCUT2D eigenvalue weighted by molar-refractivity contribution is 5.94. The molecule has 0 fully saturated rings. The summed E-state index contributed by atoms with van der Waals surface area (Å²) in [6.07, 6.45) is 3.71. The van der Waals surface area contributed by atoms with Crippen LogP contribution >= 0.6 is 0 Å². The molecule has 0 aliphatic carbocycles. The van der Waals surface area contributed by atoms with Crippen LogP contribution in [-0.4, -0.2) is 21.6 Å². The minimum absolute atomic E-state index is 0.0890. The van der Waals surface area contributed by atoms with E-state index < -0.39 is 0 Å². The van der Waals surface area contributed by atoms with Crippen LogP contribution in [0.2, 0.25) is 0 Å². The van der Waals surface area contributed by atoms with Crippen LogP contribution in [0.5, 0.6) is 0 Å². The molecule has 0 spiro atoms. The molecule has 94 valence electrons. The molecule has 0 bridgehead atoms. The van der Waals surface area contributed by atoms with Crippen LogP contribution in [0, 0.1) is 0 Å². The number of nitrogens with zero attached hydrogens (tertiary/aromatic N) is 2. The molecule has 1 aromatic carbocycles. The van der Waals surface area contributed by atoms with E-state index in [0.29, 0.717) is 0 Å². The highest BCUT2D eigenvalue weighted by atomic mass is 16.1. The first-order valence-corrected chi connectivity index (χ1v) is 6.00. The minimum Gasteiger partial charge on any atom is -0.381 e. The van der Waals surface area contributed by atoms with Crippen molar-refractivity contribution in [1.82, 2.24) is 9.78 Å². The van der Waals surface area contributed by atoms with Crippen molar-refractivity contribution in [3.63, 3.8) is 0 Å². The van der Waals surface area contributed by atoms with Crippen LogP contribution in [0.25, 0.3) is 0 Å². The molecule has 4 nitrogen and oxygen atoms in total. The molecule has 0 saturated carbocycles. The summed E-state index contributed by atoms with van der Waals surface area (Å²) in [4.78, 5) is 11.2. The molecule has 0 saturated heterocycles. The minimum atomic E-state index is 0.0890. The maximum absolute atomic E-state index is 11.2. The van der Waals surface area contributed by atoms with Crippen molar-refractivity contribution in [3.05, 3.63) is 48.3 Å². The Morgan fingerprint density at radius 1 is 1.39 bits per heavy atom. The Bertz CT molecular complexity index is 502. The van der Waals surface area contributed by atoms with E-state index in [9.17, 15) is 4.79 Å². The predicted molar refractivity (Wildman–Crippen MR) is 71.8 cm³/mol. The number of nitrogens with one attached hydrogen (secondary N) is 1. The third-order valence-corrected chi connectivity index (χ3v) is 2.72. The standard InChI is InChI=1S/C14H17N3O/c1-11(10-17-9-3-8-15-17)16-14-6-4-13(5-7-14)12(2)18/h3-9,11,16H,10H2,1-2H3. The number of hydrogen-bond donors (Lipinski definition) is 1. The lowest BCUT2D eigenvalue weighted by Crippen LogP contribution is -2.22. The number of Topliss-reactive ketones (excluding diaryl/α,β-unsaturated/α-hetero) is 1. The van der Waals surface area contributed by atoms with Gasteiger partial charge < -0.3 is 5.32 Å². The molecule has 0 amide bonds. The monoisotopic (exact) mass is 243 g/mol. The van der Waals surface area contributed by atoms with E-state index in [-0.39, 0.29) is 11.8 Å². The fourth-order valence-corrected chi connectivity index (χ4v) is 1.82. The fourth-order valence-electron chi connectivity index (χ4n) is 1.82.